The molecule has 2 N–H and O–H groups in total. The van der Waals surface area contributed by atoms with Gasteiger partial charge in [0.05, 0.1) is 12.4 Å². The fourth-order valence-electron chi connectivity index (χ4n) is 1.21. The van der Waals surface area contributed by atoms with Crippen molar-refractivity contribution in [2.45, 2.75) is 18.6 Å². The molecule has 0 aliphatic carbocycles. The zero-order chi connectivity index (χ0) is 10.1. The van der Waals surface area contributed by atoms with E-state index in [1.54, 1.807) is 0 Å². The third kappa shape index (κ3) is 4.23. The number of hydrogen-bond donors (Lipinski definition) is 2. The number of carboxylic acid groups (broad SMARTS) is 1. The summed E-state index contributed by atoms with van der Waals surface area (Å²) < 4.78 is 26.0. The highest BCUT2D eigenvalue weighted by atomic mass is 35.5. The van der Waals surface area contributed by atoms with E-state index in [1.807, 2.05) is 0 Å². The molecule has 1 saturated heterocycles. The van der Waals surface area contributed by atoms with Crippen molar-refractivity contribution in [2.75, 3.05) is 12.8 Å². The number of hydrogen-bond acceptors (Lipinski definition) is 5. The van der Waals surface area contributed by atoms with Crippen molar-refractivity contribution in [3.63, 3.8) is 0 Å². The maximum absolute atomic E-state index is 10.7. The molecule has 0 aromatic heterocycles. The number of carboxylic acids is 1. The van der Waals surface area contributed by atoms with Gasteiger partial charge in [-0.1, -0.05) is 0 Å². The molecule has 1 aliphatic heterocycles. The molecule has 1 fully saturated rings. The van der Waals surface area contributed by atoms with Crippen LogP contribution in [-0.2, 0) is 19.1 Å². The third-order valence-corrected chi connectivity index (χ3v) is 2.32. The second-order valence-electron chi connectivity index (χ2n) is 2.96. The Labute approximate surface area is 88.2 Å². The van der Waals surface area contributed by atoms with Crippen LogP contribution in [0.25, 0.3) is 0 Å². The van der Waals surface area contributed by atoms with Crippen molar-refractivity contribution in [1.82, 2.24) is 5.32 Å². The first kappa shape index (κ1) is 13.6. The normalized spacial score (nSPS) is 26.9. The van der Waals surface area contributed by atoms with E-state index in [2.05, 4.69) is 9.50 Å². The van der Waals surface area contributed by atoms with E-state index in [4.69, 9.17) is 5.11 Å². The van der Waals surface area contributed by atoms with E-state index in [0.29, 0.717) is 0 Å². The van der Waals surface area contributed by atoms with E-state index in [0.717, 1.165) is 6.26 Å². The molecule has 8 heteroatoms. The molecule has 0 unspecified atom stereocenters. The van der Waals surface area contributed by atoms with Crippen LogP contribution >= 0.6 is 12.4 Å². The maximum Gasteiger partial charge on any atom is 0.320 e. The van der Waals surface area contributed by atoms with Crippen molar-refractivity contribution in [3.8, 4) is 0 Å². The second-order valence-corrected chi connectivity index (χ2v) is 4.56. The van der Waals surface area contributed by atoms with Crippen LogP contribution in [0.3, 0.4) is 0 Å². The van der Waals surface area contributed by atoms with Crippen LogP contribution in [0.2, 0.25) is 0 Å². The van der Waals surface area contributed by atoms with Crippen LogP contribution in [-0.4, -0.2) is 44.4 Å². The van der Waals surface area contributed by atoms with E-state index in [9.17, 15) is 13.2 Å². The summed E-state index contributed by atoms with van der Waals surface area (Å²) >= 11 is 0. The molecule has 14 heavy (non-hydrogen) atoms. The minimum Gasteiger partial charge on any atom is -0.480 e. The molecule has 0 spiro atoms. The third-order valence-electron chi connectivity index (χ3n) is 1.70. The zero-order valence-corrected chi connectivity index (χ0v) is 9.10. The summed E-state index contributed by atoms with van der Waals surface area (Å²) in [6.07, 6.45) is 0.569. The Morgan fingerprint density at radius 2 is 2.14 bits per heavy atom. The molecule has 84 valence electrons. The lowest BCUT2D eigenvalue weighted by Crippen LogP contribution is -2.30. The Hall–Kier alpha value is -0.370. The van der Waals surface area contributed by atoms with Crippen molar-refractivity contribution in [3.05, 3.63) is 0 Å². The standard InChI is InChI=1S/C6H11NO5S.ClH/c1-13(10,11)12-4-2-5(6(8)9)7-3-4;/h4-5,7H,2-3H2,1H3,(H,8,9);1H/t4-,5+;/m1./s1. The van der Waals surface area contributed by atoms with Crippen LogP contribution in [0.15, 0.2) is 0 Å². The molecule has 0 aromatic rings. The minimum atomic E-state index is -3.49. The van der Waals surface area contributed by atoms with Crippen LogP contribution in [0.5, 0.6) is 0 Å². The Kier molecular flexibility index (Phi) is 4.79. The lowest BCUT2D eigenvalue weighted by Gasteiger charge is -2.06. The van der Waals surface area contributed by atoms with Crippen LogP contribution in [0, 0.1) is 0 Å². The fourth-order valence-corrected chi connectivity index (χ4v) is 1.85. The van der Waals surface area contributed by atoms with E-state index >= 15 is 0 Å². The molecule has 6 nitrogen and oxygen atoms in total. The lowest BCUT2D eigenvalue weighted by molar-refractivity contribution is -0.139. The summed E-state index contributed by atoms with van der Waals surface area (Å²) in [5.41, 5.74) is 0. The lowest BCUT2D eigenvalue weighted by atomic mass is 10.2. The van der Waals surface area contributed by atoms with Gasteiger partial charge in [0.2, 0.25) is 0 Å². The molecule has 1 rings (SSSR count). The number of aliphatic carboxylic acids is 1. The Balaban J connectivity index is 0.00000169. The van der Waals surface area contributed by atoms with Crippen molar-refractivity contribution < 1.29 is 22.5 Å². The molecule has 0 saturated carbocycles. The van der Waals surface area contributed by atoms with Gasteiger partial charge in [-0.05, 0) is 0 Å². The van der Waals surface area contributed by atoms with Crippen molar-refractivity contribution in [1.29, 1.82) is 0 Å². The zero-order valence-electron chi connectivity index (χ0n) is 7.47. The molecular formula is C6H12ClNO5S. The monoisotopic (exact) mass is 245 g/mol. The van der Waals surface area contributed by atoms with E-state index in [-0.39, 0.29) is 25.4 Å². The van der Waals surface area contributed by atoms with Gasteiger partial charge in [0.15, 0.2) is 0 Å². The predicted molar refractivity (Wildman–Crippen MR) is 51.0 cm³/mol. The van der Waals surface area contributed by atoms with Crippen LogP contribution in [0.1, 0.15) is 6.42 Å². The topological polar surface area (TPSA) is 92.7 Å². The molecule has 0 amide bonds. The second kappa shape index (κ2) is 4.92. The van der Waals surface area contributed by atoms with E-state index in [1.165, 1.54) is 0 Å². The summed E-state index contributed by atoms with van der Waals surface area (Å²) in [7, 11) is -3.49. The smallest absolute Gasteiger partial charge is 0.320 e. The van der Waals surface area contributed by atoms with E-state index < -0.39 is 28.2 Å². The van der Waals surface area contributed by atoms with Crippen molar-refractivity contribution >= 4 is 28.5 Å². The summed E-state index contributed by atoms with van der Waals surface area (Å²) in [5, 5.41) is 11.2. The SMILES string of the molecule is CS(=O)(=O)O[C@H]1CN[C@H](C(=O)O)C1.Cl. The van der Waals surface area contributed by atoms with Gasteiger partial charge in [-0.15, -0.1) is 12.4 Å². The van der Waals surface area contributed by atoms with Gasteiger partial charge in [-0.25, -0.2) is 0 Å². The first-order chi connectivity index (χ1) is 5.88. The number of rotatable bonds is 3. The fraction of sp³-hybridized carbons (Fsp3) is 0.833. The van der Waals surface area contributed by atoms with Gasteiger partial charge in [-0.2, -0.15) is 8.42 Å². The predicted octanol–water partition coefficient (Wildman–Crippen LogP) is -0.800. The Bertz CT molecular complexity index is 303. The first-order valence-corrected chi connectivity index (χ1v) is 5.54. The average molecular weight is 246 g/mol. The summed E-state index contributed by atoms with van der Waals surface area (Å²) in [6, 6.07) is -0.702. The number of nitrogens with one attached hydrogen (secondary N) is 1. The van der Waals surface area contributed by atoms with Crippen LogP contribution in [0.4, 0.5) is 0 Å². The van der Waals surface area contributed by atoms with Crippen molar-refractivity contribution in [2.24, 2.45) is 0 Å². The molecule has 0 bridgehead atoms. The highest BCUT2D eigenvalue weighted by molar-refractivity contribution is 7.86. The number of carbonyl (C=O) groups is 1. The quantitative estimate of drug-likeness (QED) is 0.633. The Morgan fingerprint density at radius 1 is 1.57 bits per heavy atom. The summed E-state index contributed by atoms with van der Waals surface area (Å²) in [5.74, 6) is -0.986. The van der Waals surface area contributed by atoms with Gasteiger partial charge >= 0.3 is 5.97 Å². The molecule has 0 aromatic carbocycles. The van der Waals surface area contributed by atoms with Gasteiger partial charge < -0.3 is 10.4 Å². The largest absolute Gasteiger partial charge is 0.480 e. The van der Waals surface area contributed by atoms with Gasteiger partial charge in [0, 0.05) is 13.0 Å². The average Bonchev–Trinajstić information content (AvgIpc) is 2.31. The van der Waals surface area contributed by atoms with Crippen LogP contribution < -0.4 is 5.32 Å². The molecule has 1 heterocycles. The minimum absolute atomic E-state index is 0. The first-order valence-electron chi connectivity index (χ1n) is 3.73. The molecule has 0 radical (unpaired) electrons. The molecule has 2 atom stereocenters. The van der Waals surface area contributed by atoms with Gasteiger partial charge in [0.25, 0.3) is 10.1 Å². The maximum atomic E-state index is 10.7. The molecule has 1 aliphatic rings. The Morgan fingerprint density at radius 3 is 2.50 bits per heavy atom. The van der Waals surface area contributed by atoms with Gasteiger partial charge in [0.1, 0.15) is 6.04 Å². The highest BCUT2D eigenvalue weighted by Gasteiger charge is 2.31. The number of halogens is 1. The highest BCUT2D eigenvalue weighted by Crippen LogP contribution is 2.12. The summed E-state index contributed by atoms with van der Waals surface area (Å²) in [6.45, 7) is 0.254. The summed E-state index contributed by atoms with van der Waals surface area (Å²) in [4.78, 5) is 10.4. The van der Waals surface area contributed by atoms with Gasteiger partial charge in [-0.3, -0.25) is 8.98 Å². The molecular weight excluding hydrogens is 234 g/mol.